The van der Waals surface area contributed by atoms with Crippen molar-refractivity contribution in [3.8, 4) is 0 Å². The summed E-state index contributed by atoms with van der Waals surface area (Å²) in [6, 6.07) is 3.49. The van der Waals surface area contributed by atoms with Gasteiger partial charge in [-0.15, -0.1) is 11.3 Å². The zero-order valence-electron chi connectivity index (χ0n) is 14.6. The Morgan fingerprint density at radius 1 is 1.46 bits per heavy atom. The van der Waals surface area contributed by atoms with Crippen LogP contribution >= 0.6 is 11.3 Å². The Labute approximate surface area is 153 Å². The number of amides is 1. The number of hydrogen-bond donors (Lipinski definition) is 1. The van der Waals surface area contributed by atoms with Crippen LogP contribution in [0.5, 0.6) is 0 Å². The molecule has 1 saturated heterocycles. The molecule has 1 atom stereocenters. The number of carbonyl (C=O) groups excluding carboxylic acids is 1. The first kappa shape index (κ1) is 18.9. The number of halogens is 3. The monoisotopic (exact) mass is 386 g/mol. The average Bonchev–Trinajstić information content (AvgIpc) is 3.19. The summed E-state index contributed by atoms with van der Waals surface area (Å²) in [5.74, 6) is -0.737. The summed E-state index contributed by atoms with van der Waals surface area (Å²) in [5.41, 5.74) is -1.21. The second-order valence-corrected chi connectivity index (χ2v) is 7.60. The molecule has 1 aliphatic rings. The van der Waals surface area contributed by atoms with Gasteiger partial charge in [-0.1, -0.05) is 6.07 Å². The summed E-state index contributed by atoms with van der Waals surface area (Å²) in [6.07, 6.45) is -3.03. The van der Waals surface area contributed by atoms with E-state index in [1.165, 1.54) is 22.9 Å². The number of aromatic nitrogens is 2. The minimum atomic E-state index is -4.67. The first-order chi connectivity index (χ1) is 12.3. The van der Waals surface area contributed by atoms with Crippen LogP contribution in [0, 0.1) is 6.92 Å². The van der Waals surface area contributed by atoms with Crippen LogP contribution in [0.1, 0.15) is 45.5 Å². The number of piperidine rings is 1. The largest absolute Gasteiger partial charge is 0.435 e. The van der Waals surface area contributed by atoms with Crippen LogP contribution in [0.15, 0.2) is 17.5 Å². The Kier molecular flexibility index (Phi) is 5.38. The molecule has 26 heavy (non-hydrogen) atoms. The van der Waals surface area contributed by atoms with Gasteiger partial charge in [-0.2, -0.15) is 18.3 Å². The van der Waals surface area contributed by atoms with Crippen LogP contribution in [0.4, 0.5) is 13.2 Å². The van der Waals surface area contributed by atoms with Crippen LogP contribution in [-0.4, -0.2) is 40.7 Å². The number of nitrogens with one attached hydrogen (secondary N) is 1. The highest BCUT2D eigenvalue weighted by molar-refractivity contribution is 7.09. The van der Waals surface area contributed by atoms with E-state index in [4.69, 9.17) is 0 Å². The molecule has 1 amide bonds. The summed E-state index contributed by atoms with van der Waals surface area (Å²) in [7, 11) is 1.93. The molecule has 0 bridgehead atoms. The van der Waals surface area contributed by atoms with E-state index in [0.29, 0.717) is 6.54 Å². The van der Waals surface area contributed by atoms with Crippen LogP contribution in [0.3, 0.4) is 0 Å². The van der Waals surface area contributed by atoms with E-state index in [-0.39, 0.29) is 23.8 Å². The summed E-state index contributed by atoms with van der Waals surface area (Å²) >= 11 is 1.44. The highest BCUT2D eigenvalue weighted by Crippen LogP contribution is 2.34. The van der Waals surface area contributed by atoms with Crippen LogP contribution in [0.25, 0.3) is 0 Å². The zero-order valence-corrected chi connectivity index (χ0v) is 15.5. The molecule has 3 rings (SSSR count). The number of thiophene rings is 1. The fourth-order valence-corrected chi connectivity index (χ4v) is 4.00. The van der Waals surface area contributed by atoms with E-state index in [2.05, 4.69) is 15.3 Å². The van der Waals surface area contributed by atoms with Gasteiger partial charge in [0.2, 0.25) is 0 Å². The van der Waals surface area contributed by atoms with E-state index in [9.17, 15) is 18.0 Å². The number of likely N-dealkylation sites (N-methyl/N-ethyl adjacent to an activating group) is 1. The Morgan fingerprint density at radius 3 is 2.85 bits per heavy atom. The summed E-state index contributed by atoms with van der Waals surface area (Å²) in [6.45, 7) is 3.27. The third-order valence-corrected chi connectivity index (χ3v) is 5.47. The van der Waals surface area contributed by atoms with Crippen molar-refractivity contribution in [3.05, 3.63) is 39.3 Å². The molecule has 1 aliphatic heterocycles. The van der Waals surface area contributed by atoms with Crippen molar-refractivity contribution in [3.63, 3.8) is 0 Å². The molecule has 5 nitrogen and oxygen atoms in total. The van der Waals surface area contributed by atoms with E-state index in [0.717, 1.165) is 24.3 Å². The molecule has 142 valence electrons. The number of carbonyl (C=O) groups is 1. The van der Waals surface area contributed by atoms with Crippen molar-refractivity contribution in [2.24, 2.45) is 0 Å². The van der Waals surface area contributed by atoms with Gasteiger partial charge in [-0.05, 0) is 44.8 Å². The van der Waals surface area contributed by atoms with Crippen LogP contribution in [-0.2, 0) is 12.7 Å². The van der Waals surface area contributed by atoms with Crippen LogP contribution < -0.4 is 5.32 Å². The van der Waals surface area contributed by atoms with E-state index in [1.807, 2.05) is 24.6 Å². The molecule has 0 aliphatic carbocycles. The maximum Gasteiger partial charge on any atom is 0.435 e. The molecule has 2 aromatic rings. The molecule has 0 saturated carbocycles. The second kappa shape index (κ2) is 7.40. The average molecular weight is 386 g/mol. The Hall–Kier alpha value is -1.87. The lowest BCUT2D eigenvalue weighted by molar-refractivity contribution is -0.142. The third kappa shape index (κ3) is 3.93. The molecule has 9 heteroatoms. The fourth-order valence-electron chi connectivity index (χ4n) is 3.35. The van der Waals surface area contributed by atoms with E-state index in [1.54, 1.807) is 0 Å². The Bertz CT molecular complexity index is 770. The molecule has 0 radical (unpaired) electrons. The fraction of sp³-hybridized carbons (Fsp3) is 0.529. The minimum absolute atomic E-state index is 0.159. The number of rotatable bonds is 4. The van der Waals surface area contributed by atoms with E-state index < -0.39 is 17.8 Å². The predicted octanol–water partition coefficient (Wildman–Crippen LogP) is 3.47. The van der Waals surface area contributed by atoms with Gasteiger partial charge in [0.15, 0.2) is 5.69 Å². The Balaban J connectivity index is 1.90. The summed E-state index contributed by atoms with van der Waals surface area (Å²) < 4.78 is 41.9. The molecule has 1 fully saturated rings. The molecule has 2 aromatic heterocycles. The normalized spacial score (nSPS) is 18.9. The van der Waals surface area contributed by atoms with Gasteiger partial charge < -0.3 is 10.2 Å². The highest BCUT2D eigenvalue weighted by Gasteiger charge is 2.41. The second-order valence-electron chi connectivity index (χ2n) is 6.57. The van der Waals surface area contributed by atoms with Gasteiger partial charge in [-0.3, -0.25) is 9.48 Å². The van der Waals surface area contributed by atoms with Crippen molar-refractivity contribution in [1.82, 2.24) is 20.0 Å². The van der Waals surface area contributed by atoms with Crippen molar-refractivity contribution >= 4 is 17.2 Å². The number of hydrogen-bond acceptors (Lipinski definition) is 4. The van der Waals surface area contributed by atoms with Gasteiger partial charge in [-0.25, -0.2) is 0 Å². The Morgan fingerprint density at radius 2 is 2.23 bits per heavy atom. The van der Waals surface area contributed by atoms with Crippen molar-refractivity contribution in [2.75, 3.05) is 20.1 Å². The van der Waals surface area contributed by atoms with Crippen molar-refractivity contribution in [2.45, 2.75) is 38.5 Å². The molecule has 0 spiro atoms. The number of likely N-dealkylation sites (tertiary alicyclic amines) is 1. The smallest absolute Gasteiger partial charge is 0.347 e. The zero-order chi connectivity index (χ0) is 18.9. The topological polar surface area (TPSA) is 50.2 Å². The van der Waals surface area contributed by atoms with Gasteiger partial charge in [0.25, 0.3) is 5.91 Å². The third-order valence-electron chi connectivity index (χ3n) is 4.59. The number of nitrogens with zero attached hydrogens (tertiary/aromatic N) is 3. The molecular formula is C17H21F3N4OS. The van der Waals surface area contributed by atoms with Gasteiger partial charge >= 0.3 is 6.18 Å². The first-order valence-electron chi connectivity index (χ1n) is 8.42. The standard InChI is InChI=1S/C17H21F3N4OS/c1-11-14(16(25)21-9-13-6-4-8-26-13)15(17(18,19)20)22-24(11)12-5-3-7-23(2)10-12/h4,6,8,12H,3,5,7,9-10H2,1-2H3,(H,21,25). The minimum Gasteiger partial charge on any atom is -0.347 e. The summed E-state index contributed by atoms with van der Waals surface area (Å²) in [5, 5.41) is 8.25. The van der Waals surface area contributed by atoms with Crippen molar-refractivity contribution < 1.29 is 18.0 Å². The van der Waals surface area contributed by atoms with Gasteiger partial charge in [0, 0.05) is 17.1 Å². The SMILES string of the molecule is Cc1c(C(=O)NCc2cccs2)c(C(F)(F)F)nn1C1CCCN(C)C1. The highest BCUT2D eigenvalue weighted by atomic mass is 32.1. The van der Waals surface area contributed by atoms with Crippen LogP contribution in [0.2, 0.25) is 0 Å². The molecule has 3 heterocycles. The lowest BCUT2D eigenvalue weighted by Gasteiger charge is -2.30. The quantitative estimate of drug-likeness (QED) is 0.876. The molecule has 1 unspecified atom stereocenters. The number of alkyl halides is 3. The maximum absolute atomic E-state index is 13.5. The maximum atomic E-state index is 13.5. The first-order valence-corrected chi connectivity index (χ1v) is 9.30. The molecule has 1 N–H and O–H groups in total. The lowest BCUT2D eigenvalue weighted by Crippen LogP contribution is -2.34. The summed E-state index contributed by atoms with van der Waals surface area (Å²) in [4.78, 5) is 15.5. The van der Waals surface area contributed by atoms with Gasteiger partial charge in [0.05, 0.1) is 18.2 Å². The predicted molar refractivity (Wildman–Crippen MR) is 93.2 cm³/mol. The van der Waals surface area contributed by atoms with Crippen molar-refractivity contribution in [1.29, 1.82) is 0 Å². The van der Waals surface area contributed by atoms with E-state index >= 15 is 0 Å². The molecule has 0 aromatic carbocycles. The lowest BCUT2D eigenvalue weighted by atomic mass is 10.1. The molecular weight excluding hydrogens is 365 g/mol. The van der Waals surface area contributed by atoms with Gasteiger partial charge in [0.1, 0.15) is 0 Å².